The number of thioether (sulfide) groups is 1. The topological polar surface area (TPSA) is 52.5 Å². The number of ether oxygens (including phenoxy) is 4. The van der Waals surface area contributed by atoms with E-state index < -0.39 is 0 Å². The molecule has 166 valence electrons. The fourth-order valence-corrected chi connectivity index (χ4v) is 4.64. The van der Waals surface area contributed by atoms with E-state index in [9.17, 15) is 0 Å². The fourth-order valence-electron chi connectivity index (χ4n) is 3.72. The highest BCUT2D eigenvalue weighted by Gasteiger charge is 2.31. The highest BCUT2D eigenvalue weighted by atomic mass is 32.2. The van der Waals surface area contributed by atoms with Gasteiger partial charge in [-0.2, -0.15) is 0 Å². The van der Waals surface area contributed by atoms with Crippen LogP contribution in [0, 0.1) is 0 Å². The van der Waals surface area contributed by atoms with Gasteiger partial charge in [0, 0.05) is 5.70 Å². The van der Waals surface area contributed by atoms with Crippen LogP contribution in [-0.4, -0.2) is 38.5 Å². The molecule has 2 aliphatic heterocycles. The Hall–Kier alpha value is -3.32. The van der Waals surface area contributed by atoms with Crippen molar-refractivity contribution in [3.8, 4) is 23.0 Å². The zero-order chi connectivity index (χ0) is 22.7. The second-order valence-corrected chi connectivity index (χ2v) is 8.08. The normalized spacial score (nSPS) is 17.5. The summed E-state index contributed by atoms with van der Waals surface area (Å²) in [7, 11) is 6.56. The van der Waals surface area contributed by atoms with Crippen molar-refractivity contribution in [3.05, 3.63) is 76.5 Å². The Bertz CT molecular complexity index is 1140. The summed E-state index contributed by atoms with van der Waals surface area (Å²) in [6, 6.07) is 11.9. The molecule has 0 fully saturated rings. The van der Waals surface area contributed by atoms with Gasteiger partial charge in [-0.25, -0.2) is 4.99 Å². The van der Waals surface area contributed by atoms with E-state index in [0.717, 1.165) is 27.7 Å². The summed E-state index contributed by atoms with van der Waals surface area (Å²) in [6.45, 7) is 2.10. The maximum Gasteiger partial charge on any atom is 0.173 e. The molecule has 2 aromatic rings. The fraction of sp³-hybridized carbons (Fsp3) is 0.240. The minimum Gasteiger partial charge on any atom is -0.493 e. The second kappa shape index (κ2) is 9.44. The molecule has 0 amide bonds. The first-order chi connectivity index (χ1) is 15.6. The Labute approximate surface area is 192 Å². The predicted octanol–water partition coefficient (Wildman–Crippen LogP) is 5.64. The van der Waals surface area contributed by atoms with Crippen LogP contribution >= 0.6 is 11.8 Å². The number of methoxy groups -OCH3 is 4. The largest absolute Gasteiger partial charge is 0.493 e. The number of allylic oxidation sites excluding steroid dienone is 2. The molecule has 6 nitrogen and oxygen atoms in total. The van der Waals surface area contributed by atoms with Gasteiger partial charge in [-0.05, 0) is 59.9 Å². The van der Waals surface area contributed by atoms with Gasteiger partial charge in [0.25, 0.3) is 0 Å². The number of aliphatic imine (C=N–C) groups is 1. The van der Waals surface area contributed by atoms with Crippen molar-refractivity contribution in [2.75, 3.05) is 28.4 Å². The molecule has 0 saturated heterocycles. The van der Waals surface area contributed by atoms with E-state index in [0.29, 0.717) is 23.0 Å². The first-order valence-corrected chi connectivity index (χ1v) is 11.0. The summed E-state index contributed by atoms with van der Waals surface area (Å²) in [5, 5.41) is 3.08. The van der Waals surface area contributed by atoms with E-state index in [1.165, 1.54) is 0 Å². The number of hydrogen-bond donors (Lipinski definition) is 0. The molecule has 2 aliphatic rings. The third-order valence-electron chi connectivity index (χ3n) is 5.36. The smallest absolute Gasteiger partial charge is 0.173 e. The first-order valence-electron chi connectivity index (χ1n) is 10.1. The highest BCUT2D eigenvalue weighted by molar-refractivity contribution is 8.16. The number of amidine groups is 1. The summed E-state index contributed by atoms with van der Waals surface area (Å²) in [5.74, 6) is 2.81. The molecule has 1 atom stereocenters. The summed E-state index contributed by atoms with van der Waals surface area (Å²) in [5.41, 5.74) is 4.15. The molecule has 7 heteroatoms. The SMILES string of the molecule is COc1ccc(/C=C/C2=CC(c3ccc(OC)c(OC)c3)N3C(C)=CSC3=N2)cc1OC. The van der Waals surface area contributed by atoms with Gasteiger partial charge in [-0.3, -0.25) is 0 Å². The number of rotatable bonds is 7. The van der Waals surface area contributed by atoms with Crippen molar-refractivity contribution in [3.63, 3.8) is 0 Å². The number of nitrogens with zero attached hydrogens (tertiary/aromatic N) is 2. The first kappa shape index (κ1) is 21.9. The van der Waals surface area contributed by atoms with Gasteiger partial charge in [-0.1, -0.05) is 30.0 Å². The lowest BCUT2D eigenvalue weighted by Gasteiger charge is -2.32. The zero-order valence-corrected chi connectivity index (χ0v) is 19.6. The Morgan fingerprint density at radius 2 is 1.50 bits per heavy atom. The molecule has 0 bridgehead atoms. The Morgan fingerprint density at radius 1 is 0.844 bits per heavy atom. The molecule has 0 radical (unpaired) electrons. The molecule has 32 heavy (non-hydrogen) atoms. The van der Waals surface area contributed by atoms with Crippen molar-refractivity contribution >= 4 is 23.0 Å². The third-order valence-corrected chi connectivity index (χ3v) is 6.31. The molecule has 1 unspecified atom stereocenters. The number of benzene rings is 2. The summed E-state index contributed by atoms with van der Waals surface area (Å²) in [4.78, 5) is 7.09. The summed E-state index contributed by atoms with van der Waals surface area (Å²) < 4.78 is 21.7. The zero-order valence-electron chi connectivity index (χ0n) is 18.8. The molecule has 0 saturated carbocycles. The Morgan fingerprint density at radius 3 is 2.19 bits per heavy atom. The van der Waals surface area contributed by atoms with E-state index in [4.69, 9.17) is 23.9 Å². The lowest BCUT2D eigenvalue weighted by molar-refractivity contribution is 0.353. The van der Waals surface area contributed by atoms with Crippen LogP contribution in [0.1, 0.15) is 24.1 Å². The van der Waals surface area contributed by atoms with E-state index in [2.05, 4.69) is 29.4 Å². The van der Waals surface area contributed by atoms with Crippen LogP contribution in [0.5, 0.6) is 23.0 Å². The molecular formula is C25H26N2O4S. The van der Waals surface area contributed by atoms with Crippen LogP contribution in [-0.2, 0) is 0 Å². The van der Waals surface area contributed by atoms with E-state index in [1.807, 2.05) is 42.5 Å². The second-order valence-electron chi connectivity index (χ2n) is 7.24. The van der Waals surface area contributed by atoms with Crippen molar-refractivity contribution in [1.29, 1.82) is 0 Å². The molecule has 0 N–H and O–H groups in total. The molecular weight excluding hydrogens is 424 g/mol. The van der Waals surface area contributed by atoms with Crippen molar-refractivity contribution in [2.45, 2.75) is 13.0 Å². The van der Waals surface area contributed by atoms with Crippen molar-refractivity contribution in [1.82, 2.24) is 4.90 Å². The van der Waals surface area contributed by atoms with Crippen LogP contribution < -0.4 is 18.9 Å². The lowest BCUT2D eigenvalue weighted by Crippen LogP contribution is -2.30. The predicted molar refractivity (Wildman–Crippen MR) is 130 cm³/mol. The Kier molecular flexibility index (Phi) is 6.46. The maximum absolute atomic E-state index is 5.53. The minimum atomic E-state index is -0.00129. The molecule has 0 spiro atoms. The van der Waals surface area contributed by atoms with Gasteiger partial charge >= 0.3 is 0 Å². The van der Waals surface area contributed by atoms with Gasteiger partial charge in [0.1, 0.15) is 0 Å². The number of hydrogen-bond acceptors (Lipinski definition) is 7. The quantitative estimate of drug-likeness (QED) is 0.544. The monoisotopic (exact) mass is 450 g/mol. The summed E-state index contributed by atoms with van der Waals surface area (Å²) >= 11 is 1.63. The lowest BCUT2D eigenvalue weighted by atomic mass is 10.0. The van der Waals surface area contributed by atoms with Crippen molar-refractivity contribution < 1.29 is 18.9 Å². The van der Waals surface area contributed by atoms with Gasteiger partial charge in [0.2, 0.25) is 0 Å². The maximum atomic E-state index is 5.53. The van der Waals surface area contributed by atoms with E-state index in [-0.39, 0.29) is 6.04 Å². The average Bonchev–Trinajstić information content (AvgIpc) is 3.22. The van der Waals surface area contributed by atoms with Crippen LogP contribution in [0.3, 0.4) is 0 Å². The van der Waals surface area contributed by atoms with Gasteiger partial charge in [0.15, 0.2) is 28.2 Å². The highest BCUT2D eigenvalue weighted by Crippen LogP contribution is 2.41. The van der Waals surface area contributed by atoms with Crippen LogP contribution in [0.2, 0.25) is 0 Å². The third kappa shape index (κ3) is 4.21. The van der Waals surface area contributed by atoms with Crippen molar-refractivity contribution in [2.24, 2.45) is 4.99 Å². The molecule has 0 aromatic heterocycles. The Balaban J connectivity index is 1.68. The van der Waals surface area contributed by atoms with E-state index >= 15 is 0 Å². The van der Waals surface area contributed by atoms with Gasteiger partial charge in [0.05, 0.1) is 40.2 Å². The van der Waals surface area contributed by atoms with E-state index in [1.54, 1.807) is 40.2 Å². The standard InChI is InChI=1S/C25H26N2O4S/c1-16-15-32-25-26-19(9-6-17-7-10-21(28-2)23(12-17)30-4)14-20(27(16)25)18-8-11-22(29-3)24(13-18)31-5/h6-15,20H,1-5H3/b9-6+. The number of fused-ring (bicyclic) bond motifs is 1. The van der Waals surface area contributed by atoms with Gasteiger partial charge < -0.3 is 23.8 Å². The molecule has 4 rings (SSSR count). The average molecular weight is 451 g/mol. The molecule has 0 aliphatic carbocycles. The van der Waals surface area contributed by atoms with Crippen LogP contribution in [0.4, 0.5) is 0 Å². The van der Waals surface area contributed by atoms with Crippen LogP contribution in [0.25, 0.3) is 6.08 Å². The van der Waals surface area contributed by atoms with Gasteiger partial charge in [-0.15, -0.1) is 0 Å². The van der Waals surface area contributed by atoms with Crippen LogP contribution in [0.15, 0.2) is 70.3 Å². The molecule has 2 aromatic carbocycles. The minimum absolute atomic E-state index is 0.00129. The molecule has 2 heterocycles. The summed E-state index contributed by atoms with van der Waals surface area (Å²) in [6.07, 6.45) is 6.21.